The minimum atomic E-state index is -3.74. The molecule has 0 aromatic heterocycles. The van der Waals surface area contributed by atoms with Gasteiger partial charge in [-0.3, -0.25) is 9.52 Å². The Bertz CT molecular complexity index is 1190. The van der Waals surface area contributed by atoms with Crippen LogP contribution in [0.2, 0.25) is 5.02 Å². The van der Waals surface area contributed by atoms with Crippen LogP contribution in [-0.4, -0.2) is 20.9 Å². The molecule has 0 atom stereocenters. The van der Waals surface area contributed by atoms with E-state index in [-0.39, 0.29) is 17.4 Å². The SMILES string of the molecule is Cc1cc(C)cc(NS(=O)(=O)c2ccc(OCC(=O)Nc3cccc(Cl)c3C)cc2)c1. The standard InChI is InChI=1S/C23H23ClN2O4S/c1-15-11-16(2)13-18(12-15)26-31(28,29)20-9-7-19(8-10-20)30-14-23(27)25-22-6-4-5-21(24)17(22)3/h4-13,26H,14H2,1-3H3,(H,25,27). The molecule has 1 amide bonds. The third-order valence-corrected chi connectivity index (χ3v) is 6.33. The van der Waals surface area contributed by atoms with Crippen molar-refractivity contribution in [3.05, 3.63) is 82.4 Å². The van der Waals surface area contributed by atoms with Gasteiger partial charge in [-0.25, -0.2) is 8.42 Å². The second-order valence-corrected chi connectivity index (χ2v) is 9.29. The Morgan fingerprint density at radius 2 is 1.61 bits per heavy atom. The van der Waals surface area contributed by atoms with E-state index >= 15 is 0 Å². The van der Waals surface area contributed by atoms with Crippen LogP contribution in [0.3, 0.4) is 0 Å². The largest absolute Gasteiger partial charge is 0.484 e. The van der Waals surface area contributed by atoms with Crippen LogP contribution in [0.25, 0.3) is 0 Å². The zero-order valence-corrected chi connectivity index (χ0v) is 19.0. The lowest BCUT2D eigenvalue weighted by Gasteiger charge is -2.12. The van der Waals surface area contributed by atoms with Gasteiger partial charge >= 0.3 is 0 Å². The fraction of sp³-hybridized carbons (Fsp3) is 0.174. The number of benzene rings is 3. The molecule has 3 aromatic carbocycles. The van der Waals surface area contributed by atoms with Crippen molar-refractivity contribution in [3.63, 3.8) is 0 Å². The minimum absolute atomic E-state index is 0.0954. The fourth-order valence-electron chi connectivity index (χ4n) is 3.04. The first-order chi connectivity index (χ1) is 14.6. The Kier molecular flexibility index (Phi) is 6.87. The summed E-state index contributed by atoms with van der Waals surface area (Å²) in [5, 5.41) is 3.30. The smallest absolute Gasteiger partial charge is 0.262 e. The first kappa shape index (κ1) is 22.7. The van der Waals surface area contributed by atoms with Crippen molar-refractivity contribution in [1.29, 1.82) is 0 Å². The van der Waals surface area contributed by atoms with Gasteiger partial charge in [-0.05, 0) is 86.0 Å². The molecule has 0 bridgehead atoms. The molecule has 0 saturated heterocycles. The van der Waals surface area contributed by atoms with Gasteiger partial charge in [0, 0.05) is 16.4 Å². The number of hydrogen-bond donors (Lipinski definition) is 2. The number of nitrogens with one attached hydrogen (secondary N) is 2. The minimum Gasteiger partial charge on any atom is -0.484 e. The van der Waals surface area contributed by atoms with Crippen LogP contribution in [0.15, 0.2) is 65.6 Å². The summed E-state index contributed by atoms with van der Waals surface area (Å²) in [7, 11) is -3.74. The zero-order valence-electron chi connectivity index (χ0n) is 17.4. The summed E-state index contributed by atoms with van der Waals surface area (Å²) in [6.45, 7) is 5.39. The molecule has 0 radical (unpaired) electrons. The van der Waals surface area contributed by atoms with E-state index in [2.05, 4.69) is 10.0 Å². The van der Waals surface area contributed by atoms with Crippen molar-refractivity contribution in [3.8, 4) is 5.75 Å². The Morgan fingerprint density at radius 1 is 0.968 bits per heavy atom. The van der Waals surface area contributed by atoms with Crippen LogP contribution in [0.1, 0.15) is 16.7 Å². The summed E-state index contributed by atoms with van der Waals surface area (Å²) in [6, 6.07) is 16.6. The molecule has 162 valence electrons. The maximum atomic E-state index is 12.6. The van der Waals surface area contributed by atoms with Crippen molar-refractivity contribution in [2.75, 3.05) is 16.6 Å². The molecule has 8 heteroatoms. The van der Waals surface area contributed by atoms with Crippen LogP contribution in [0.5, 0.6) is 5.75 Å². The van der Waals surface area contributed by atoms with Crippen LogP contribution < -0.4 is 14.8 Å². The summed E-state index contributed by atoms with van der Waals surface area (Å²) >= 11 is 6.05. The topological polar surface area (TPSA) is 84.5 Å². The van der Waals surface area contributed by atoms with Gasteiger partial charge in [0.25, 0.3) is 15.9 Å². The second kappa shape index (κ2) is 9.41. The lowest BCUT2D eigenvalue weighted by Crippen LogP contribution is -2.20. The van der Waals surface area contributed by atoms with Gasteiger partial charge in [0.15, 0.2) is 6.61 Å². The lowest BCUT2D eigenvalue weighted by molar-refractivity contribution is -0.118. The van der Waals surface area contributed by atoms with Gasteiger partial charge in [0.2, 0.25) is 0 Å². The predicted molar refractivity (Wildman–Crippen MR) is 123 cm³/mol. The summed E-state index contributed by atoms with van der Waals surface area (Å²) in [6.07, 6.45) is 0. The van der Waals surface area contributed by atoms with Gasteiger partial charge in [0.1, 0.15) is 5.75 Å². The summed E-state index contributed by atoms with van der Waals surface area (Å²) in [5.41, 5.74) is 3.81. The molecule has 0 saturated carbocycles. The van der Waals surface area contributed by atoms with E-state index in [4.69, 9.17) is 16.3 Å². The number of hydrogen-bond acceptors (Lipinski definition) is 4. The summed E-state index contributed by atoms with van der Waals surface area (Å²) in [5.74, 6) is 0.0295. The monoisotopic (exact) mass is 458 g/mol. The van der Waals surface area contributed by atoms with Crippen LogP contribution >= 0.6 is 11.6 Å². The van der Waals surface area contributed by atoms with Crippen molar-refractivity contribution >= 4 is 38.9 Å². The van der Waals surface area contributed by atoms with Crippen molar-refractivity contribution < 1.29 is 17.9 Å². The van der Waals surface area contributed by atoms with Crippen LogP contribution in [0, 0.1) is 20.8 Å². The highest BCUT2D eigenvalue weighted by molar-refractivity contribution is 7.92. The number of anilines is 2. The normalized spacial score (nSPS) is 11.1. The van der Waals surface area contributed by atoms with E-state index in [9.17, 15) is 13.2 Å². The third-order valence-electron chi connectivity index (χ3n) is 4.52. The molecule has 0 aliphatic heterocycles. The van der Waals surface area contributed by atoms with E-state index in [1.165, 1.54) is 24.3 Å². The number of halogens is 1. The Hall–Kier alpha value is -3.03. The summed E-state index contributed by atoms with van der Waals surface area (Å²) < 4.78 is 33.3. The van der Waals surface area contributed by atoms with E-state index < -0.39 is 10.0 Å². The fourth-order valence-corrected chi connectivity index (χ4v) is 4.26. The Labute approximate surface area is 187 Å². The van der Waals surface area contributed by atoms with Gasteiger partial charge < -0.3 is 10.1 Å². The highest BCUT2D eigenvalue weighted by Crippen LogP contribution is 2.23. The molecule has 0 fully saturated rings. The second-order valence-electron chi connectivity index (χ2n) is 7.20. The molecule has 31 heavy (non-hydrogen) atoms. The number of carbonyl (C=O) groups is 1. The summed E-state index contributed by atoms with van der Waals surface area (Å²) in [4.78, 5) is 12.2. The number of rotatable bonds is 7. The highest BCUT2D eigenvalue weighted by Gasteiger charge is 2.15. The molecule has 0 aliphatic carbocycles. The molecule has 0 aliphatic rings. The number of sulfonamides is 1. The first-order valence-corrected chi connectivity index (χ1v) is 11.4. The molecular formula is C23H23ClN2O4S. The maximum absolute atomic E-state index is 12.6. The van der Waals surface area contributed by atoms with Crippen molar-refractivity contribution in [2.24, 2.45) is 0 Å². The van der Waals surface area contributed by atoms with E-state index in [1.54, 1.807) is 30.3 Å². The van der Waals surface area contributed by atoms with Gasteiger partial charge in [-0.2, -0.15) is 0 Å². The number of amides is 1. The molecule has 0 unspecified atom stereocenters. The Morgan fingerprint density at radius 3 is 2.26 bits per heavy atom. The van der Waals surface area contributed by atoms with Gasteiger partial charge in [0.05, 0.1) is 4.90 Å². The predicted octanol–water partition coefficient (Wildman–Crippen LogP) is 5.08. The molecule has 0 heterocycles. The van der Waals surface area contributed by atoms with Gasteiger partial charge in [-0.15, -0.1) is 0 Å². The molecule has 3 aromatic rings. The van der Waals surface area contributed by atoms with Crippen molar-refractivity contribution in [2.45, 2.75) is 25.7 Å². The molecule has 2 N–H and O–H groups in total. The average Bonchev–Trinajstić information content (AvgIpc) is 2.69. The number of aryl methyl sites for hydroxylation is 2. The number of ether oxygens (including phenoxy) is 1. The van der Waals surface area contributed by atoms with E-state index in [0.29, 0.717) is 22.1 Å². The maximum Gasteiger partial charge on any atom is 0.262 e. The first-order valence-electron chi connectivity index (χ1n) is 9.53. The van der Waals surface area contributed by atoms with Crippen LogP contribution in [-0.2, 0) is 14.8 Å². The average molecular weight is 459 g/mol. The molecule has 6 nitrogen and oxygen atoms in total. The van der Waals surface area contributed by atoms with Crippen LogP contribution in [0.4, 0.5) is 11.4 Å². The highest BCUT2D eigenvalue weighted by atomic mass is 35.5. The van der Waals surface area contributed by atoms with E-state index in [0.717, 1.165) is 16.7 Å². The third kappa shape index (κ3) is 5.99. The molecule has 3 rings (SSSR count). The van der Waals surface area contributed by atoms with E-state index in [1.807, 2.05) is 26.8 Å². The lowest BCUT2D eigenvalue weighted by atomic mass is 10.1. The van der Waals surface area contributed by atoms with Crippen molar-refractivity contribution in [1.82, 2.24) is 0 Å². The molecule has 0 spiro atoms. The molecular weight excluding hydrogens is 436 g/mol. The van der Waals surface area contributed by atoms with Gasteiger partial charge in [-0.1, -0.05) is 23.7 Å². The Balaban J connectivity index is 1.61. The zero-order chi connectivity index (χ0) is 22.6. The number of carbonyl (C=O) groups excluding carboxylic acids is 1. The quantitative estimate of drug-likeness (QED) is 0.516.